The molecule has 0 aliphatic carbocycles. The molecule has 6 nitrogen and oxygen atoms in total. The molecule has 1 heterocycles. The summed E-state index contributed by atoms with van der Waals surface area (Å²) in [6.07, 6.45) is -0.979. The fraction of sp³-hybridized carbons (Fsp3) is 0.800. The molecular weight excluding hydrogens is 188 g/mol. The molecule has 1 aliphatic rings. The molecule has 0 aromatic rings. The molecule has 1 rings (SSSR count). The molecule has 0 amide bonds. The smallest absolute Gasteiger partial charge is 0.332 e. The summed E-state index contributed by atoms with van der Waals surface area (Å²) < 4.78 is 33.9. The third kappa shape index (κ3) is 1.93. The molecule has 1 aliphatic heterocycles. The normalized spacial score (nSPS) is 30.4. The molecule has 70 valence electrons. The minimum absolute atomic E-state index is 0.0236. The Balaban J connectivity index is 2.64. The van der Waals surface area contributed by atoms with E-state index in [9.17, 15) is 13.2 Å². The van der Waals surface area contributed by atoms with Gasteiger partial charge in [-0.2, -0.15) is 8.42 Å². The Labute approximate surface area is 68.9 Å². The predicted molar refractivity (Wildman–Crippen MR) is 37.1 cm³/mol. The Hall–Kier alpha value is -0.660. The second-order valence-corrected chi connectivity index (χ2v) is 4.04. The first-order valence-electron chi connectivity index (χ1n) is 3.26. The van der Waals surface area contributed by atoms with Crippen molar-refractivity contribution in [2.45, 2.75) is 24.4 Å². The molecule has 1 fully saturated rings. The number of carbonyl (C=O) groups is 1. The van der Waals surface area contributed by atoms with Gasteiger partial charge >= 0.3 is 5.97 Å². The molecule has 0 unspecified atom stereocenters. The number of aliphatic carboxylic acids is 1. The Morgan fingerprint density at radius 2 is 2.00 bits per heavy atom. The Bertz CT molecular complexity index is 280. The van der Waals surface area contributed by atoms with Gasteiger partial charge in [-0.15, -0.1) is 0 Å². The van der Waals surface area contributed by atoms with Crippen LogP contribution in [0.3, 0.4) is 0 Å². The minimum atomic E-state index is -4.25. The maximum absolute atomic E-state index is 10.4. The van der Waals surface area contributed by atoms with Crippen molar-refractivity contribution in [1.82, 2.24) is 0 Å². The van der Waals surface area contributed by atoms with Gasteiger partial charge in [-0.25, -0.2) is 4.79 Å². The van der Waals surface area contributed by atoms with Gasteiger partial charge in [-0.1, -0.05) is 0 Å². The summed E-state index contributed by atoms with van der Waals surface area (Å²) in [7, 11) is -4.25. The largest absolute Gasteiger partial charge is 0.479 e. The fourth-order valence-electron chi connectivity index (χ4n) is 1.01. The monoisotopic (exact) mass is 196 g/mol. The molecule has 7 heteroatoms. The van der Waals surface area contributed by atoms with Crippen molar-refractivity contribution in [2.75, 3.05) is 0 Å². The molecule has 2 atom stereocenters. The van der Waals surface area contributed by atoms with Crippen LogP contribution in [-0.2, 0) is 19.6 Å². The summed E-state index contributed by atoms with van der Waals surface area (Å²) in [6, 6.07) is 0. The lowest BCUT2D eigenvalue weighted by molar-refractivity contribution is -0.147. The molecule has 2 N–H and O–H groups in total. The van der Waals surface area contributed by atoms with Gasteiger partial charge in [0, 0.05) is 0 Å². The van der Waals surface area contributed by atoms with E-state index in [0.717, 1.165) is 0 Å². The summed E-state index contributed by atoms with van der Waals surface area (Å²) >= 11 is 0. The highest BCUT2D eigenvalue weighted by Crippen LogP contribution is 2.22. The van der Waals surface area contributed by atoms with Crippen LogP contribution in [0.2, 0.25) is 0 Å². The van der Waals surface area contributed by atoms with E-state index in [1.54, 1.807) is 0 Å². The lowest BCUT2D eigenvalue weighted by atomic mass is 10.2. The Morgan fingerprint density at radius 3 is 2.25 bits per heavy atom. The summed E-state index contributed by atoms with van der Waals surface area (Å²) in [6.45, 7) is 0. The molecule has 0 aromatic heterocycles. The summed E-state index contributed by atoms with van der Waals surface area (Å²) in [4.78, 5) is 10.3. The van der Waals surface area contributed by atoms with Gasteiger partial charge in [0.1, 0.15) is 0 Å². The maximum Gasteiger partial charge on any atom is 0.332 e. The van der Waals surface area contributed by atoms with Crippen LogP contribution in [0.4, 0.5) is 0 Å². The van der Waals surface area contributed by atoms with Crippen molar-refractivity contribution in [1.29, 1.82) is 0 Å². The SMILES string of the molecule is O=C(O)[C@@H]1CC[C@@H](S(=O)(=O)O)O1. The van der Waals surface area contributed by atoms with Crippen LogP contribution in [0.5, 0.6) is 0 Å². The standard InChI is InChI=1S/C5H8O6S/c6-5(7)3-1-2-4(11-3)12(8,9)10/h3-4H,1-2H2,(H,6,7)(H,8,9,10)/t3-,4+/m0/s1. The summed E-state index contributed by atoms with van der Waals surface area (Å²) in [5.41, 5.74) is -1.38. The topological polar surface area (TPSA) is 101 Å². The third-order valence-electron chi connectivity index (χ3n) is 1.59. The van der Waals surface area contributed by atoms with Crippen molar-refractivity contribution < 1.29 is 27.6 Å². The number of ether oxygens (including phenoxy) is 1. The van der Waals surface area contributed by atoms with E-state index in [-0.39, 0.29) is 12.8 Å². The van der Waals surface area contributed by atoms with E-state index < -0.39 is 27.6 Å². The van der Waals surface area contributed by atoms with Crippen LogP contribution in [0, 0.1) is 0 Å². The van der Waals surface area contributed by atoms with E-state index in [4.69, 9.17) is 9.66 Å². The number of carboxylic acid groups (broad SMARTS) is 1. The van der Waals surface area contributed by atoms with E-state index in [1.807, 2.05) is 0 Å². The van der Waals surface area contributed by atoms with Gasteiger partial charge in [-0.3, -0.25) is 4.55 Å². The second kappa shape index (κ2) is 3.00. The third-order valence-corrected chi connectivity index (χ3v) is 2.60. The second-order valence-electron chi connectivity index (χ2n) is 2.48. The van der Waals surface area contributed by atoms with Crippen LogP contribution in [0.25, 0.3) is 0 Å². The molecule has 1 saturated heterocycles. The first-order chi connectivity index (χ1) is 5.41. The molecule has 0 radical (unpaired) electrons. The zero-order valence-corrected chi connectivity index (χ0v) is 6.82. The summed E-state index contributed by atoms with van der Waals surface area (Å²) in [5, 5.41) is 8.40. The first-order valence-corrected chi connectivity index (χ1v) is 4.76. The lowest BCUT2D eigenvalue weighted by Crippen LogP contribution is -2.24. The summed E-state index contributed by atoms with van der Waals surface area (Å²) in [5.74, 6) is -1.21. The Kier molecular flexibility index (Phi) is 2.36. The number of rotatable bonds is 2. The predicted octanol–water partition coefficient (Wildman–Crippen LogP) is -0.536. The van der Waals surface area contributed by atoms with Crippen molar-refractivity contribution >= 4 is 16.1 Å². The van der Waals surface area contributed by atoms with Crippen molar-refractivity contribution in [3.63, 3.8) is 0 Å². The van der Waals surface area contributed by atoms with Gasteiger partial charge in [0.05, 0.1) is 0 Å². The molecule has 0 bridgehead atoms. The van der Waals surface area contributed by atoms with Gasteiger partial charge in [0.15, 0.2) is 11.5 Å². The van der Waals surface area contributed by atoms with Gasteiger partial charge in [-0.05, 0) is 12.8 Å². The first kappa shape index (κ1) is 9.43. The zero-order valence-electron chi connectivity index (χ0n) is 6.00. The molecule has 0 spiro atoms. The molecule has 12 heavy (non-hydrogen) atoms. The maximum atomic E-state index is 10.4. The van der Waals surface area contributed by atoms with Gasteiger partial charge < -0.3 is 9.84 Å². The Morgan fingerprint density at radius 1 is 1.42 bits per heavy atom. The van der Waals surface area contributed by atoms with Crippen LogP contribution in [0.15, 0.2) is 0 Å². The average molecular weight is 196 g/mol. The van der Waals surface area contributed by atoms with E-state index in [1.165, 1.54) is 0 Å². The highest BCUT2D eigenvalue weighted by molar-refractivity contribution is 7.86. The van der Waals surface area contributed by atoms with E-state index in [0.29, 0.717) is 0 Å². The number of carboxylic acids is 1. The lowest BCUT2D eigenvalue weighted by Gasteiger charge is -2.06. The zero-order chi connectivity index (χ0) is 9.35. The van der Waals surface area contributed by atoms with Crippen LogP contribution >= 0.6 is 0 Å². The number of hydrogen-bond donors (Lipinski definition) is 2. The van der Waals surface area contributed by atoms with Crippen LogP contribution in [-0.4, -0.2) is 35.6 Å². The van der Waals surface area contributed by atoms with Crippen LogP contribution in [0.1, 0.15) is 12.8 Å². The molecule has 0 saturated carbocycles. The average Bonchev–Trinajstić information content (AvgIpc) is 2.30. The van der Waals surface area contributed by atoms with Crippen molar-refractivity contribution in [2.24, 2.45) is 0 Å². The highest BCUT2D eigenvalue weighted by atomic mass is 32.2. The van der Waals surface area contributed by atoms with Crippen molar-refractivity contribution in [3.8, 4) is 0 Å². The quantitative estimate of drug-likeness (QED) is 0.575. The van der Waals surface area contributed by atoms with Gasteiger partial charge in [0.2, 0.25) is 0 Å². The van der Waals surface area contributed by atoms with E-state index >= 15 is 0 Å². The molecule has 0 aromatic carbocycles. The van der Waals surface area contributed by atoms with E-state index in [2.05, 4.69) is 4.74 Å². The molecular formula is C5H8O6S. The highest BCUT2D eigenvalue weighted by Gasteiger charge is 2.37. The minimum Gasteiger partial charge on any atom is -0.479 e. The number of hydrogen-bond acceptors (Lipinski definition) is 4. The van der Waals surface area contributed by atoms with Crippen LogP contribution < -0.4 is 0 Å². The fourth-order valence-corrected chi connectivity index (χ4v) is 1.72. The van der Waals surface area contributed by atoms with Crippen molar-refractivity contribution in [3.05, 3.63) is 0 Å². The van der Waals surface area contributed by atoms with Gasteiger partial charge in [0.25, 0.3) is 10.1 Å².